The summed E-state index contributed by atoms with van der Waals surface area (Å²) in [4.78, 5) is 44.1. The van der Waals surface area contributed by atoms with Gasteiger partial charge in [-0.05, 0) is 104 Å². The Morgan fingerprint density at radius 2 is 1.45 bits per heavy atom. The van der Waals surface area contributed by atoms with Crippen molar-refractivity contribution in [3.8, 4) is 11.5 Å². The normalized spacial score (nSPS) is 24.1. The zero-order chi connectivity index (χ0) is 32.8. The number of ketones is 2. The zero-order valence-corrected chi connectivity index (χ0v) is 27.8. The molecule has 2 aliphatic rings. The molecule has 0 unspecified atom stereocenters. The molecular formula is C38H48O6. The Morgan fingerprint density at radius 3 is 2.07 bits per heavy atom. The highest BCUT2D eigenvalue weighted by Gasteiger charge is 2.72. The Morgan fingerprint density at radius 1 is 0.864 bits per heavy atom. The van der Waals surface area contributed by atoms with Gasteiger partial charge in [0, 0.05) is 6.07 Å². The van der Waals surface area contributed by atoms with Crippen LogP contribution in [0.4, 0.5) is 0 Å². The Balaban J connectivity index is 2.06. The van der Waals surface area contributed by atoms with Crippen LogP contribution in [0.2, 0.25) is 0 Å². The second-order valence-corrected chi connectivity index (χ2v) is 14.3. The van der Waals surface area contributed by atoms with Gasteiger partial charge in [-0.3, -0.25) is 14.4 Å². The summed E-state index contributed by atoms with van der Waals surface area (Å²) in [6.07, 6.45) is 11.8. The number of hydrogen-bond donors (Lipinski definition) is 2. The molecule has 236 valence electrons. The van der Waals surface area contributed by atoms with E-state index in [0.29, 0.717) is 12.8 Å². The number of aromatic hydroxyl groups is 2. The standard InChI is InChI=1S/C38H48O6/c1-22(2)11-10-12-25(7)13-14-26-21-37(17-15-23(3)4)33(42)31-32(41)27-19-28(39)29(40)20-30(27)44-34(31)38(35(37)43,36(26,8)9)18-16-24(5)6/h11,13,15-16,19-20,26,39-40H,10,12,14,17-18,21H2,1-9H3/t26-,37+,38-/m1/s1. The third-order valence-electron chi connectivity index (χ3n) is 10.1. The van der Waals surface area contributed by atoms with Crippen LogP contribution in [0.5, 0.6) is 11.5 Å². The van der Waals surface area contributed by atoms with Gasteiger partial charge < -0.3 is 14.6 Å². The highest BCUT2D eigenvalue weighted by molar-refractivity contribution is 6.23. The number of Topliss-reactive ketones (excluding diaryl/α,β-unsaturated/α-hetero) is 2. The topological polar surface area (TPSA) is 105 Å². The smallest absolute Gasteiger partial charge is 0.204 e. The minimum absolute atomic E-state index is 0.00108. The van der Waals surface area contributed by atoms with Crippen molar-refractivity contribution >= 4 is 22.5 Å². The van der Waals surface area contributed by atoms with E-state index < -0.39 is 39.0 Å². The van der Waals surface area contributed by atoms with E-state index in [0.717, 1.165) is 30.1 Å². The Labute approximate surface area is 261 Å². The molecule has 0 radical (unpaired) electrons. The van der Waals surface area contributed by atoms with Gasteiger partial charge in [0.05, 0.1) is 16.2 Å². The molecule has 0 aliphatic heterocycles. The maximum atomic E-state index is 15.2. The second kappa shape index (κ2) is 12.0. The van der Waals surface area contributed by atoms with E-state index in [1.54, 1.807) is 0 Å². The van der Waals surface area contributed by atoms with E-state index in [2.05, 4.69) is 46.8 Å². The minimum Gasteiger partial charge on any atom is -0.504 e. The van der Waals surface area contributed by atoms with Crippen LogP contribution >= 0.6 is 0 Å². The van der Waals surface area contributed by atoms with Crippen LogP contribution in [0, 0.1) is 16.7 Å². The molecule has 2 N–H and O–H groups in total. The van der Waals surface area contributed by atoms with Crippen LogP contribution in [-0.2, 0) is 10.2 Å². The molecule has 2 aliphatic carbocycles. The fourth-order valence-corrected chi connectivity index (χ4v) is 7.24. The van der Waals surface area contributed by atoms with Crippen molar-refractivity contribution in [3.63, 3.8) is 0 Å². The molecule has 6 nitrogen and oxygen atoms in total. The van der Waals surface area contributed by atoms with Crippen molar-refractivity contribution in [2.24, 2.45) is 16.7 Å². The van der Waals surface area contributed by atoms with Gasteiger partial charge >= 0.3 is 0 Å². The SMILES string of the molecule is CC(C)=CCCC(C)=CC[C@@H]1C[C@@]2(CC=C(C)C)C(=O)c3c(oc4cc(O)c(O)cc4c3=O)[C@](CC=C(C)C)(C2=O)C1(C)C. The van der Waals surface area contributed by atoms with E-state index in [9.17, 15) is 19.8 Å². The van der Waals surface area contributed by atoms with Gasteiger partial charge in [0.15, 0.2) is 23.1 Å². The summed E-state index contributed by atoms with van der Waals surface area (Å²) < 4.78 is 6.44. The monoisotopic (exact) mass is 600 g/mol. The molecule has 44 heavy (non-hydrogen) atoms. The highest BCUT2D eigenvalue weighted by atomic mass is 16.3. The molecule has 1 aromatic carbocycles. The molecule has 2 bridgehead atoms. The van der Waals surface area contributed by atoms with Crippen molar-refractivity contribution in [2.45, 2.75) is 106 Å². The number of carbonyl (C=O) groups is 2. The van der Waals surface area contributed by atoms with Gasteiger partial charge in [0.1, 0.15) is 16.9 Å². The fourth-order valence-electron chi connectivity index (χ4n) is 7.24. The first-order valence-electron chi connectivity index (χ1n) is 15.7. The first kappa shape index (κ1) is 33.2. The van der Waals surface area contributed by atoms with Crippen molar-refractivity contribution < 1.29 is 24.2 Å². The average Bonchev–Trinajstić information content (AvgIpc) is 2.92. The number of hydrogen-bond acceptors (Lipinski definition) is 6. The molecule has 4 rings (SSSR count). The Kier molecular flexibility index (Phi) is 9.08. The molecule has 2 aromatic rings. The van der Waals surface area contributed by atoms with Crippen LogP contribution in [0.15, 0.2) is 67.9 Å². The van der Waals surface area contributed by atoms with Crippen LogP contribution in [0.3, 0.4) is 0 Å². The number of fused-ring (bicyclic) bond motifs is 5. The summed E-state index contributed by atoms with van der Waals surface area (Å²) in [5.74, 6) is -1.61. The van der Waals surface area contributed by atoms with E-state index in [-0.39, 0.29) is 46.8 Å². The second-order valence-electron chi connectivity index (χ2n) is 14.3. The number of allylic oxidation sites excluding steroid dienone is 8. The van der Waals surface area contributed by atoms with Crippen LogP contribution in [-0.4, -0.2) is 21.8 Å². The number of carbonyl (C=O) groups excluding carboxylic acids is 2. The molecule has 0 amide bonds. The van der Waals surface area contributed by atoms with Crippen molar-refractivity contribution in [1.82, 2.24) is 0 Å². The van der Waals surface area contributed by atoms with Crippen molar-refractivity contribution in [1.29, 1.82) is 0 Å². The average molecular weight is 601 g/mol. The molecule has 6 heteroatoms. The van der Waals surface area contributed by atoms with E-state index >= 15 is 4.79 Å². The maximum absolute atomic E-state index is 15.2. The van der Waals surface area contributed by atoms with E-state index in [4.69, 9.17) is 4.42 Å². The summed E-state index contributed by atoms with van der Waals surface area (Å²) in [6.45, 7) is 18.3. The number of benzene rings is 1. The maximum Gasteiger partial charge on any atom is 0.204 e. The van der Waals surface area contributed by atoms with Gasteiger partial charge in [-0.2, -0.15) is 0 Å². The largest absolute Gasteiger partial charge is 0.504 e. The first-order valence-corrected chi connectivity index (χ1v) is 15.7. The fraction of sp³-hybridized carbons (Fsp3) is 0.500. The lowest BCUT2D eigenvalue weighted by Gasteiger charge is -2.60. The number of phenolic OH excluding ortho intramolecular Hbond substituents is 2. The minimum atomic E-state index is -1.43. The summed E-state index contributed by atoms with van der Waals surface area (Å²) in [6, 6.07) is 2.32. The van der Waals surface area contributed by atoms with Crippen LogP contribution in [0.1, 0.15) is 117 Å². The van der Waals surface area contributed by atoms with Gasteiger partial charge in [-0.15, -0.1) is 0 Å². The highest BCUT2D eigenvalue weighted by Crippen LogP contribution is 2.65. The first-order chi connectivity index (χ1) is 20.5. The molecule has 1 fully saturated rings. The summed E-state index contributed by atoms with van der Waals surface area (Å²) in [5, 5.41) is 20.5. The number of rotatable bonds is 9. The molecule has 1 aromatic heterocycles. The third-order valence-corrected chi connectivity index (χ3v) is 10.1. The summed E-state index contributed by atoms with van der Waals surface area (Å²) in [7, 11) is 0. The van der Waals surface area contributed by atoms with Gasteiger partial charge in [-0.1, -0.05) is 60.4 Å². The Hall–Kier alpha value is -3.67. The molecule has 1 heterocycles. The quantitative estimate of drug-likeness (QED) is 0.169. The van der Waals surface area contributed by atoms with Gasteiger partial charge in [0.25, 0.3) is 0 Å². The van der Waals surface area contributed by atoms with Crippen LogP contribution in [0.25, 0.3) is 11.0 Å². The van der Waals surface area contributed by atoms with Crippen molar-refractivity contribution in [3.05, 3.63) is 80.3 Å². The van der Waals surface area contributed by atoms with Crippen molar-refractivity contribution in [2.75, 3.05) is 0 Å². The zero-order valence-electron chi connectivity index (χ0n) is 27.8. The molecule has 0 spiro atoms. The predicted octanol–water partition coefficient (Wildman–Crippen LogP) is 9.04. The van der Waals surface area contributed by atoms with Gasteiger partial charge in [-0.25, -0.2) is 0 Å². The number of phenols is 2. The molecular weight excluding hydrogens is 552 g/mol. The van der Waals surface area contributed by atoms with Crippen LogP contribution < -0.4 is 5.43 Å². The molecule has 0 saturated heterocycles. The third kappa shape index (κ3) is 5.41. The Bertz CT molecular complexity index is 1680. The predicted molar refractivity (Wildman–Crippen MR) is 176 cm³/mol. The summed E-state index contributed by atoms with van der Waals surface area (Å²) >= 11 is 0. The lowest BCUT2D eigenvalue weighted by molar-refractivity contribution is -0.151. The van der Waals surface area contributed by atoms with Gasteiger partial charge in [0.2, 0.25) is 5.43 Å². The summed E-state index contributed by atoms with van der Waals surface area (Å²) in [5.41, 5.74) is 0.452. The lowest BCUT2D eigenvalue weighted by atomic mass is 9.40. The van der Waals surface area contributed by atoms with E-state index in [1.807, 2.05) is 39.8 Å². The molecule has 3 atom stereocenters. The molecule has 1 saturated carbocycles. The lowest BCUT2D eigenvalue weighted by Crippen LogP contribution is -2.68. The van der Waals surface area contributed by atoms with E-state index in [1.165, 1.54) is 17.2 Å².